The van der Waals surface area contributed by atoms with Crippen LogP contribution >= 0.6 is 0 Å². The third-order valence-electron chi connectivity index (χ3n) is 3.02. The first kappa shape index (κ1) is 10.1. The first-order valence-electron chi connectivity index (χ1n) is 5.52. The standard InChI is InChI=1S/C12H12N2O3/c1-14(8-3-4-8)12-13-9-5-2-7(11(15)16)6-10(9)17-12/h2,5-6,8H,3-4H2,1H3,(H,15,16). The second-order valence-electron chi connectivity index (χ2n) is 4.33. The molecule has 1 heterocycles. The highest BCUT2D eigenvalue weighted by atomic mass is 16.4. The molecule has 0 saturated heterocycles. The SMILES string of the molecule is CN(c1nc2ccc(C(=O)O)cc2o1)C1CC1. The number of aromatic carboxylic acids is 1. The van der Waals surface area contributed by atoms with Crippen LogP contribution in [0.4, 0.5) is 6.01 Å². The van der Waals surface area contributed by atoms with Crippen molar-refractivity contribution in [2.24, 2.45) is 0 Å². The molecule has 1 aliphatic rings. The smallest absolute Gasteiger partial charge is 0.335 e. The molecule has 2 aromatic rings. The van der Waals surface area contributed by atoms with Gasteiger partial charge < -0.3 is 14.4 Å². The largest absolute Gasteiger partial charge is 0.478 e. The molecule has 0 unspecified atom stereocenters. The fourth-order valence-corrected chi connectivity index (χ4v) is 1.81. The van der Waals surface area contributed by atoms with E-state index < -0.39 is 5.97 Å². The Bertz CT molecular complexity index is 586. The lowest BCUT2D eigenvalue weighted by atomic mass is 10.2. The molecular formula is C12H12N2O3. The summed E-state index contributed by atoms with van der Waals surface area (Å²) in [5, 5.41) is 8.89. The Hall–Kier alpha value is -2.04. The van der Waals surface area contributed by atoms with Gasteiger partial charge in [0, 0.05) is 13.1 Å². The molecule has 0 spiro atoms. The van der Waals surface area contributed by atoms with Crippen molar-refractivity contribution in [2.75, 3.05) is 11.9 Å². The van der Waals surface area contributed by atoms with Gasteiger partial charge in [-0.05, 0) is 31.0 Å². The molecule has 88 valence electrons. The zero-order valence-electron chi connectivity index (χ0n) is 9.38. The van der Waals surface area contributed by atoms with Gasteiger partial charge in [-0.2, -0.15) is 4.98 Å². The van der Waals surface area contributed by atoms with Crippen LogP contribution in [0.25, 0.3) is 11.1 Å². The topological polar surface area (TPSA) is 66.6 Å². The molecule has 3 rings (SSSR count). The minimum absolute atomic E-state index is 0.217. The highest BCUT2D eigenvalue weighted by molar-refractivity contribution is 5.92. The van der Waals surface area contributed by atoms with Crippen LogP contribution in [0.2, 0.25) is 0 Å². The fraction of sp³-hybridized carbons (Fsp3) is 0.333. The van der Waals surface area contributed by atoms with E-state index in [-0.39, 0.29) is 5.56 Å². The van der Waals surface area contributed by atoms with E-state index in [0.29, 0.717) is 23.2 Å². The molecule has 0 bridgehead atoms. The van der Waals surface area contributed by atoms with E-state index in [4.69, 9.17) is 9.52 Å². The quantitative estimate of drug-likeness (QED) is 0.878. The first-order valence-corrected chi connectivity index (χ1v) is 5.52. The summed E-state index contributed by atoms with van der Waals surface area (Å²) in [6, 6.07) is 5.79. The summed E-state index contributed by atoms with van der Waals surface area (Å²) in [5.41, 5.74) is 1.43. The summed E-state index contributed by atoms with van der Waals surface area (Å²) in [5.74, 6) is -0.958. The Balaban J connectivity index is 2.02. The number of anilines is 1. The summed E-state index contributed by atoms with van der Waals surface area (Å²) in [6.45, 7) is 0. The summed E-state index contributed by atoms with van der Waals surface area (Å²) in [7, 11) is 1.94. The van der Waals surface area contributed by atoms with Crippen molar-refractivity contribution >= 4 is 23.1 Å². The maximum Gasteiger partial charge on any atom is 0.335 e. The van der Waals surface area contributed by atoms with Gasteiger partial charge >= 0.3 is 5.97 Å². The molecule has 17 heavy (non-hydrogen) atoms. The Morgan fingerprint density at radius 2 is 2.29 bits per heavy atom. The van der Waals surface area contributed by atoms with Crippen molar-refractivity contribution in [3.05, 3.63) is 23.8 Å². The minimum atomic E-state index is -0.958. The number of hydrogen-bond acceptors (Lipinski definition) is 4. The molecule has 1 aromatic heterocycles. The number of nitrogens with zero attached hydrogens (tertiary/aromatic N) is 2. The third-order valence-corrected chi connectivity index (χ3v) is 3.02. The molecule has 1 N–H and O–H groups in total. The van der Waals surface area contributed by atoms with Gasteiger partial charge in [-0.1, -0.05) is 0 Å². The Morgan fingerprint density at radius 3 is 2.94 bits per heavy atom. The van der Waals surface area contributed by atoms with Crippen molar-refractivity contribution in [1.82, 2.24) is 4.98 Å². The number of carboxylic acid groups (broad SMARTS) is 1. The van der Waals surface area contributed by atoms with Gasteiger partial charge in [-0.25, -0.2) is 4.79 Å². The predicted molar refractivity (Wildman–Crippen MR) is 62.4 cm³/mol. The van der Waals surface area contributed by atoms with Crippen LogP contribution in [0.1, 0.15) is 23.2 Å². The van der Waals surface area contributed by atoms with Gasteiger partial charge in [0.05, 0.1) is 5.56 Å². The summed E-state index contributed by atoms with van der Waals surface area (Å²) >= 11 is 0. The van der Waals surface area contributed by atoms with E-state index in [2.05, 4.69) is 4.98 Å². The van der Waals surface area contributed by atoms with Gasteiger partial charge in [0.15, 0.2) is 5.58 Å². The Morgan fingerprint density at radius 1 is 1.53 bits per heavy atom. The molecule has 1 fully saturated rings. The number of carboxylic acids is 1. The van der Waals surface area contributed by atoms with Crippen molar-refractivity contribution in [2.45, 2.75) is 18.9 Å². The van der Waals surface area contributed by atoms with Gasteiger partial charge in [-0.3, -0.25) is 0 Å². The average Bonchev–Trinajstić information content (AvgIpc) is 3.06. The van der Waals surface area contributed by atoms with Crippen LogP contribution < -0.4 is 4.90 Å². The van der Waals surface area contributed by atoms with E-state index in [9.17, 15) is 4.79 Å². The van der Waals surface area contributed by atoms with Crippen LogP contribution in [-0.2, 0) is 0 Å². The number of carbonyl (C=O) groups is 1. The van der Waals surface area contributed by atoms with E-state index in [1.165, 1.54) is 12.1 Å². The molecule has 1 saturated carbocycles. The zero-order chi connectivity index (χ0) is 12.0. The summed E-state index contributed by atoms with van der Waals surface area (Å²) in [6.07, 6.45) is 2.32. The third kappa shape index (κ3) is 1.73. The number of aromatic nitrogens is 1. The van der Waals surface area contributed by atoms with Crippen molar-refractivity contribution in [3.8, 4) is 0 Å². The molecule has 0 atom stereocenters. The minimum Gasteiger partial charge on any atom is -0.478 e. The highest BCUT2D eigenvalue weighted by Gasteiger charge is 2.29. The molecule has 1 aromatic carbocycles. The summed E-state index contributed by atoms with van der Waals surface area (Å²) < 4.78 is 5.57. The number of oxazole rings is 1. The molecule has 0 radical (unpaired) electrons. The first-order chi connectivity index (χ1) is 8.15. The monoisotopic (exact) mass is 232 g/mol. The average molecular weight is 232 g/mol. The van der Waals surface area contributed by atoms with Crippen molar-refractivity contribution in [1.29, 1.82) is 0 Å². The molecule has 0 aliphatic heterocycles. The van der Waals surface area contributed by atoms with E-state index in [1.807, 2.05) is 11.9 Å². The number of fused-ring (bicyclic) bond motifs is 1. The van der Waals surface area contributed by atoms with Gasteiger partial charge in [0.25, 0.3) is 6.01 Å². The maximum atomic E-state index is 10.8. The molecule has 5 nitrogen and oxygen atoms in total. The lowest BCUT2D eigenvalue weighted by Gasteiger charge is -2.11. The van der Waals surface area contributed by atoms with Crippen molar-refractivity contribution < 1.29 is 14.3 Å². The molecule has 1 aliphatic carbocycles. The van der Waals surface area contributed by atoms with E-state index in [0.717, 1.165) is 12.8 Å². The Labute approximate surface area is 97.7 Å². The number of benzene rings is 1. The zero-order valence-corrected chi connectivity index (χ0v) is 9.38. The van der Waals surface area contributed by atoms with Gasteiger partial charge in [-0.15, -0.1) is 0 Å². The fourth-order valence-electron chi connectivity index (χ4n) is 1.81. The predicted octanol–water partition coefficient (Wildman–Crippen LogP) is 2.12. The lowest BCUT2D eigenvalue weighted by molar-refractivity contribution is 0.0697. The molecule has 0 amide bonds. The van der Waals surface area contributed by atoms with Crippen LogP contribution in [0.3, 0.4) is 0 Å². The lowest BCUT2D eigenvalue weighted by Crippen LogP contribution is -2.19. The second-order valence-corrected chi connectivity index (χ2v) is 4.33. The molecule has 5 heteroatoms. The summed E-state index contributed by atoms with van der Waals surface area (Å²) in [4.78, 5) is 17.2. The highest BCUT2D eigenvalue weighted by Crippen LogP contribution is 2.31. The van der Waals surface area contributed by atoms with Crippen LogP contribution in [0, 0.1) is 0 Å². The maximum absolute atomic E-state index is 10.8. The number of rotatable bonds is 3. The van der Waals surface area contributed by atoms with E-state index in [1.54, 1.807) is 6.07 Å². The van der Waals surface area contributed by atoms with Gasteiger partial charge in [0.1, 0.15) is 5.52 Å². The Kier molecular flexibility index (Phi) is 2.07. The molecular weight excluding hydrogens is 220 g/mol. The van der Waals surface area contributed by atoms with E-state index >= 15 is 0 Å². The second kappa shape index (κ2) is 3.48. The van der Waals surface area contributed by atoms with Gasteiger partial charge in [0.2, 0.25) is 0 Å². The van der Waals surface area contributed by atoms with Crippen LogP contribution in [0.15, 0.2) is 22.6 Å². The number of hydrogen-bond donors (Lipinski definition) is 1. The van der Waals surface area contributed by atoms with Crippen molar-refractivity contribution in [3.63, 3.8) is 0 Å². The normalized spacial score (nSPS) is 15.1. The van der Waals surface area contributed by atoms with Crippen LogP contribution in [0.5, 0.6) is 0 Å². The van der Waals surface area contributed by atoms with Crippen LogP contribution in [-0.4, -0.2) is 29.1 Å².